The summed E-state index contributed by atoms with van der Waals surface area (Å²) in [5, 5.41) is 15.8. The number of aliphatic hydroxyl groups is 1. The van der Waals surface area contributed by atoms with E-state index in [1.165, 1.54) is 0 Å². The Bertz CT molecular complexity index is 545. The number of hydrogen-bond acceptors (Lipinski definition) is 4. The Morgan fingerprint density at radius 3 is 2.79 bits per heavy atom. The Balaban J connectivity index is 1.75. The number of aliphatic imine (C=N–C) groups is 1. The molecule has 1 aromatic carbocycles. The van der Waals surface area contributed by atoms with Gasteiger partial charge in [-0.05, 0) is 25.0 Å². The minimum absolute atomic E-state index is 0.0285. The molecule has 7 heteroatoms. The summed E-state index contributed by atoms with van der Waals surface area (Å²) in [5.41, 5.74) is -0.0285. The van der Waals surface area contributed by atoms with Crippen LogP contribution in [-0.2, 0) is 15.5 Å². The van der Waals surface area contributed by atoms with Crippen molar-refractivity contribution >= 4 is 16.8 Å². The van der Waals surface area contributed by atoms with Crippen LogP contribution in [0.4, 0.5) is 0 Å². The number of guanidine groups is 1. The first-order chi connectivity index (χ1) is 11.7. The van der Waals surface area contributed by atoms with Crippen molar-refractivity contribution in [1.29, 1.82) is 0 Å². The van der Waals surface area contributed by atoms with E-state index in [2.05, 4.69) is 15.6 Å². The zero-order chi connectivity index (χ0) is 17.3. The summed E-state index contributed by atoms with van der Waals surface area (Å²) in [6.45, 7) is 2.84. The van der Waals surface area contributed by atoms with Gasteiger partial charge in [-0.25, -0.2) is 0 Å². The standard InChI is InChI=1S/C17H27N3O3S/c1-18-16(20-13-17(7-10-21)8-11-23-14-17)19-9-12-24(22)15-5-3-2-4-6-15/h2-6,21H,7-14H2,1H3,(H2,18,19,20). The quantitative estimate of drug-likeness (QED) is 0.474. The molecule has 24 heavy (non-hydrogen) atoms. The molecule has 6 nitrogen and oxygen atoms in total. The van der Waals surface area contributed by atoms with Crippen LogP contribution >= 0.6 is 0 Å². The molecule has 3 N–H and O–H groups in total. The van der Waals surface area contributed by atoms with Crippen molar-refractivity contribution in [2.45, 2.75) is 17.7 Å². The first-order valence-corrected chi connectivity index (χ1v) is 9.57. The predicted octanol–water partition coefficient (Wildman–Crippen LogP) is 0.748. The van der Waals surface area contributed by atoms with E-state index in [0.717, 1.165) is 24.3 Å². The van der Waals surface area contributed by atoms with E-state index >= 15 is 0 Å². The number of benzene rings is 1. The van der Waals surface area contributed by atoms with Crippen LogP contribution in [0, 0.1) is 5.41 Å². The predicted molar refractivity (Wildman–Crippen MR) is 96.7 cm³/mol. The summed E-state index contributed by atoms with van der Waals surface area (Å²) < 4.78 is 17.7. The van der Waals surface area contributed by atoms with Crippen LogP contribution in [0.5, 0.6) is 0 Å². The minimum atomic E-state index is -1.02. The van der Waals surface area contributed by atoms with Gasteiger partial charge in [-0.3, -0.25) is 9.20 Å². The second-order valence-corrected chi connectivity index (χ2v) is 7.56. The molecule has 0 radical (unpaired) electrons. The van der Waals surface area contributed by atoms with Crippen molar-refractivity contribution in [3.05, 3.63) is 30.3 Å². The van der Waals surface area contributed by atoms with Crippen molar-refractivity contribution < 1.29 is 14.1 Å². The van der Waals surface area contributed by atoms with Gasteiger partial charge in [-0.2, -0.15) is 0 Å². The van der Waals surface area contributed by atoms with E-state index in [-0.39, 0.29) is 12.0 Å². The van der Waals surface area contributed by atoms with Crippen molar-refractivity contribution in [1.82, 2.24) is 10.6 Å². The first-order valence-electron chi connectivity index (χ1n) is 8.26. The van der Waals surface area contributed by atoms with Crippen LogP contribution < -0.4 is 10.6 Å². The molecule has 0 aromatic heterocycles. The van der Waals surface area contributed by atoms with Gasteiger partial charge in [0, 0.05) is 49.4 Å². The van der Waals surface area contributed by atoms with E-state index in [4.69, 9.17) is 4.74 Å². The van der Waals surface area contributed by atoms with Crippen molar-refractivity contribution in [2.24, 2.45) is 10.4 Å². The van der Waals surface area contributed by atoms with Crippen LogP contribution in [0.25, 0.3) is 0 Å². The lowest BCUT2D eigenvalue weighted by molar-refractivity contribution is 0.127. The maximum Gasteiger partial charge on any atom is 0.191 e. The summed E-state index contributed by atoms with van der Waals surface area (Å²) >= 11 is 0. The first kappa shape index (κ1) is 18.9. The number of nitrogens with zero attached hydrogens (tertiary/aromatic N) is 1. The average molecular weight is 353 g/mol. The monoisotopic (exact) mass is 353 g/mol. The van der Waals surface area contributed by atoms with Gasteiger partial charge >= 0.3 is 0 Å². The molecule has 2 atom stereocenters. The van der Waals surface area contributed by atoms with E-state index in [9.17, 15) is 9.32 Å². The SMILES string of the molecule is CN=C(NCCS(=O)c1ccccc1)NCC1(CCO)CCOC1. The van der Waals surface area contributed by atoms with Crippen LogP contribution in [0.3, 0.4) is 0 Å². The highest BCUT2D eigenvalue weighted by molar-refractivity contribution is 7.85. The van der Waals surface area contributed by atoms with E-state index in [0.29, 0.717) is 31.4 Å². The second kappa shape index (κ2) is 9.76. The summed E-state index contributed by atoms with van der Waals surface area (Å²) in [5.74, 6) is 1.21. The third-order valence-corrected chi connectivity index (χ3v) is 5.64. The normalized spacial score (nSPS) is 22.3. The Labute approximate surface area is 146 Å². The molecule has 2 rings (SSSR count). The Morgan fingerprint density at radius 2 is 2.17 bits per heavy atom. The zero-order valence-corrected chi connectivity index (χ0v) is 15.0. The molecule has 0 aliphatic carbocycles. The molecule has 0 amide bonds. The average Bonchev–Trinajstić information content (AvgIpc) is 3.07. The third-order valence-electron chi connectivity index (χ3n) is 4.27. The smallest absolute Gasteiger partial charge is 0.191 e. The van der Waals surface area contributed by atoms with Gasteiger partial charge in [0.1, 0.15) is 0 Å². The fourth-order valence-corrected chi connectivity index (χ4v) is 3.74. The van der Waals surface area contributed by atoms with Crippen LogP contribution in [0.2, 0.25) is 0 Å². The number of aliphatic hydroxyl groups excluding tert-OH is 1. The fraction of sp³-hybridized carbons (Fsp3) is 0.588. The molecular formula is C17H27N3O3S. The lowest BCUT2D eigenvalue weighted by atomic mass is 9.84. The maximum atomic E-state index is 12.2. The van der Waals surface area contributed by atoms with Crippen molar-refractivity contribution in [2.75, 3.05) is 45.7 Å². The Hall–Kier alpha value is -1.44. The highest BCUT2D eigenvalue weighted by Gasteiger charge is 2.34. The van der Waals surface area contributed by atoms with Gasteiger partial charge in [0.2, 0.25) is 0 Å². The summed E-state index contributed by atoms with van der Waals surface area (Å²) in [4.78, 5) is 5.04. The van der Waals surface area contributed by atoms with Gasteiger partial charge < -0.3 is 20.5 Å². The highest BCUT2D eigenvalue weighted by atomic mass is 32.2. The van der Waals surface area contributed by atoms with Gasteiger partial charge in [-0.1, -0.05) is 18.2 Å². The maximum absolute atomic E-state index is 12.2. The van der Waals surface area contributed by atoms with E-state index in [1.54, 1.807) is 7.05 Å². The molecule has 1 saturated heterocycles. The van der Waals surface area contributed by atoms with E-state index in [1.807, 2.05) is 30.3 Å². The molecule has 134 valence electrons. The largest absolute Gasteiger partial charge is 0.396 e. The molecular weight excluding hydrogens is 326 g/mol. The molecule has 0 spiro atoms. The minimum Gasteiger partial charge on any atom is -0.396 e. The molecule has 1 aliphatic heterocycles. The number of rotatable bonds is 8. The molecule has 0 bridgehead atoms. The van der Waals surface area contributed by atoms with Gasteiger partial charge in [0.05, 0.1) is 17.4 Å². The van der Waals surface area contributed by atoms with E-state index < -0.39 is 10.8 Å². The Kier molecular flexibility index (Phi) is 7.68. The topological polar surface area (TPSA) is 83.0 Å². The van der Waals surface area contributed by atoms with Gasteiger partial charge in [0.15, 0.2) is 5.96 Å². The number of nitrogens with one attached hydrogen (secondary N) is 2. The van der Waals surface area contributed by atoms with Crippen LogP contribution in [0.1, 0.15) is 12.8 Å². The molecule has 0 saturated carbocycles. The number of ether oxygens (including phenoxy) is 1. The zero-order valence-electron chi connectivity index (χ0n) is 14.2. The van der Waals surface area contributed by atoms with Crippen LogP contribution in [-0.4, -0.2) is 61.0 Å². The molecule has 1 heterocycles. The van der Waals surface area contributed by atoms with Crippen LogP contribution in [0.15, 0.2) is 40.2 Å². The Morgan fingerprint density at radius 1 is 1.38 bits per heavy atom. The summed E-state index contributed by atoms with van der Waals surface area (Å²) in [7, 11) is 0.698. The van der Waals surface area contributed by atoms with Crippen molar-refractivity contribution in [3.63, 3.8) is 0 Å². The number of hydrogen-bond donors (Lipinski definition) is 3. The lowest BCUT2D eigenvalue weighted by Crippen LogP contribution is -2.45. The summed E-state index contributed by atoms with van der Waals surface area (Å²) in [6, 6.07) is 9.46. The highest BCUT2D eigenvalue weighted by Crippen LogP contribution is 2.31. The third kappa shape index (κ3) is 5.58. The van der Waals surface area contributed by atoms with Gasteiger partial charge in [0.25, 0.3) is 0 Å². The van der Waals surface area contributed by atoms with Crippen molar-refractivity contribution in [3.8, 4) is 0 Å². The fourth-order valence-electron chi connectivity index (χ4n) is 2.76. The molecule has 1 aromatic rings. The molecule has 2 unspecified atom stereocenters. The molecule has 1 aliphatic rings. The lowest BCUT2D eigenvalue weighted by Gasteiger charge is -2.27. The summed E-state index contributed by atoms with van der Waals surface area (Å²) in [6.07, 6.45) is 1.66. The van der Waals surface area contributed by atoms with Gasteiger partial charge in [-0.15, -0.1) is 0 Å². The molecule has 1 fully saturated rings. The second-order valence-electron chi connectivity index (χ2n) is 5.99.